The Hall–Kier alpha value is -1.36. The summed E-state index contributed by atoms with van der Waals surface area (Å²) in [7, 11) is 0. The normalized spacial score (nSPS) is 31.7. The van der Waals surface area contributed by atoms with Crippen LogP contribution in [-0.2, 0) is 13.8 Å². The molecule has 2 aromatic rings. The molecule has 1 aromatic carbocycles. The number of ether oxygens (including phenoxy) is 2. The monoisotopic (exact) mass is 448 g/mol. The fourth-order valence-electron chi connectivity index (χ4n) is 2.96. The van der Waals surface area contributed by atoms with E-state index in [-0.39, 0.29) is 0 Å². The Morgan fingerprint density at radius 1 is 1.50 bits per heavy atom. The standard InChI is InChI=1S/C16H18BrClN2O6/c1-8(22)19-12-13(14(26-18)16(17,7-21)25-15(12)23)24-11-6-9-4-2-3-5-10(9)20-11/h2-6,12-15,20-21,23H,7H2,1H3,(H,19,22)/t12-,13-,14-,15-,16-/m1/s1. The Morgan fingerprint density at radius 3 is 2.85 bits per heavy atom. The van der Waals surface area contributed by atoms with E-state index in [1.165, 1.54) is 6.92 Å². The van der Waals surface area contributed by atoms with Crippen LogP contribution >= 0.6 is 27.8 Å². The van der Waals surface area contributed by atoms with Crippen molar-refractivity contribution in [3.8, 4) is 5.88 Å². The number of aliphatic hydroxyl groups excluding tert-OH is 2. The third-order valence-corrected chi connectivity index (χ3v) is 5.23. The van der Waals surface area contributed by atoms with Gasteiger partial charge in [0.15, 0.2) is 28.9 Å². The zero-order valence-electron chi connectivity index (χ0n) is 13.7. The molecule has 26 heavy (non-hydrogen) atoms. The molecular formula is C16H18BrClN2O6. The molecule has 3 rings (SSSR count). The third-order valence-electron chi connectivity index (χ3n) is 4.15. The summed E-state index contributed by atoms with van der Waals surface area (Å²) >= 11 is 8.83. The number of rotatable bonds is 5. The van der Waals surface area contributed by atoms with Crippen LogP contribution in [0.25, 0.3) is 10.9 Å². The lowest BCUT2D eigenvalue weighted by molar-refractivity contribution is -0.255. The number of halogens is 2. The Balaban J connectivity index is 1.96. The molecule has 1 fully saturated rings. The lowest BCUT2D eigenvalue weighted by Crippen LogP contribution is -2.69. The summed E-state index contributed by atoms with van der Waals surface area (Å²) < 4.78 is 14.8. The first-order valence-corrected chi connectivity index (χ1v) is 8.92. The number of hydrogen-bond donors (Lipinski definition) is 4. The minimum absolute atomic E-state index is 0.382. The average molecular weight is 450 g/mol. The summed E-state index contributed by atoms with van der Waals surface area (Å²) in [6.07, 6.45) is -3.50. The quantitative estimate of drug-likeness (QED) is 0.513. The number of aromatic nitrogens is 1. The summed E-state index contributed by atoms with van der Waals surface area (Å²) in [5.74, 6) is -0.0190. The first kappa shape index (κ1) is 19.4. The number of carbonyl (C=O) groups excluding carboxylic acids is 1. The van der Waals surface area contributed by atoms with E-state index in [1.54, 1.807) is 6.07 Å². The summed E-state index contributed by atoms with van der Waals surface area (Å²) in [4.78, 5) is 14.6. The Labute approximate surface area is 162 Å². The topological polar surface area (TPSA) is 113 Å². The van der Waals surface area contributed by atoms with E-state index < -0.39 is 41.6 Å². The fraction of sp³-hybridized carbons (Fsp3) is 0.438. The maximum atomic E-state index is 11.5. The van der Waals surface area contributed by atoms with Crippen molar-refractivity contribution >= 4 is 44.6 Å². The molecule has 2 heterocycles. The molecule has 0 radical (unpaired) electrons. The van der Waals surface area contributed by atoms with Gasteiger partial charge in [-0.3, -0.25) is 9.08 Å². The van der Waals surface area contributed by atoms with E-state index in [0.29, 0.717) is 5.88 Å². The van der Waals surface area contributed by atoms with Crippen LogP contribution in [0.3, 0.4) is 0 Å². The number of aliphatic hydroxyl groups is 2. The molecule has 5 atom stereocenters. The van der Waals surface area contributed by atoms with E-state index in [9.17, 15) is 15.0 Å². The van der Waals surface area contributed by atoms with Crippen LogP contribution in [0.5, 0.6) is 5.88 Å². The highest BCUT2D eigenvalue weighted by molar-refractivity contribution is 9.10. The van der Waals surface area contributed by atoms with Crippen LogP contribution in [0.2, 0.25) is 0 Å². The number of para-hydroxylation sites is 1. The predicted molar refractivity (Wildman–Crippen MR) is 96.9 cm³/mol. The zero-order valence-corrected chi connectivity index (χ0v) is 16.0. The van der Waals surface area contributed by atoms with Gasteiger partial charge in [-0.1, -0.05) is 18.2 Å². The highest BCUT2D eigenvalue weighted by Gasteiger charge is 2.56. The Bertz CT molecular complexity index is 756. The first-order chi connectivity index (χ1) is 12.4. The minimum atomic E-state index is -1.51. The Morgan fingerprint density at radius 2 is 2.23 bits per heavy atom. The SMILES string of the molecule is CC(=O)N[C@@H]1[C@@H](Oc2cc3ccccc3[nH]2)[C@@H](OCl)[C@@](Br)(CO)O[C@H]1O. The van der Waals surface area contributed by atoms with E-state index in [4.69, 9.17) is 25.6 Å². The van der Waals surface area contributed by atoms with Gasteiger partial charge in [0.05, 0.1) is 18.5 Å². The molecule has 1 amide bonds. The Kier molecular flexibility index (Phi) is 5.75. The molecule has 0 spiro atoms. The highest BCUT2D eigenvalue weighted by atomic mass is 79.9. The van der Waals surface area contributed by atoms with Crippen molar-refractivity contribution in [3.05, 3.63) is 30.3 Å². The van der Waals surface area contributed by atoms with Crippen molar-refractivity contribution in [2.24, 2.45) is 0 Å². The first-order valence-electron chi connectivity index (χ1n) is 7.82. The predicted octanol–water partition coefficient (Wildman–Crippen LogP) is 1.39. The minimum Gasteiger partial charge on any atom is -0.470 e. The van der Waals surface area contributed by atoms with E-state index in [1.807, 2.05) is 24.3 Å². The van der Waals surface area contributed by atoms with E-state index in [2.05, 4.69) is 26.2 Å². The van der Waals surface area contributed by atoms with Gasteiger partial charge in [0.25, 0.3) is 0 Å². The smallest absolute Gasteiger partial charge is 0.217 e. The zero-order chi connectivity index (χ0) is 18.9. The fourth-order valence-corrected chi connectivity index (χ4v) is 3.86. The van der Waals surface area contributed by atoms with Gasteiger partial charge in [0.1, 0.15) is 6.04 Å². The number of amides is 1. The number of H-pyrrole nitrogens is 1. The highest BCUT2D eigenvalue weighted by Crippen LogP contribution is 2.38. The second-order valence-electron chi connectivity index (χ2n) is 5.99. The summed E-state index contributed by atoms with van der Waals surface area (Å²) in [5.41, 5.74) is 0.849. The van der Waals surface area contributed by atoms with E-state index >= 15 is 0 Å². The number of carbonyl (C=O) groups is 1. The van der Waals surface area contributed by atoms with Crippen molar-refractivity contribution in [1.29, 1.82) is 0 Å². The number of fused-ring (bicyclic) bond motifs is 1. The van der Waals surface area contributed by atoms with Gasteiger partial charge in [-0.25, -0.2) is 0 Å². The maximum Gasteiger partial charge on any atom is 0.217 e. The molecule has 0 saturated carbocycles. The summed E-state index contributed by atoms with van der Waals surface area (Å²) in [6.45, 7) is 0.742. The molecule has 1 saturated heterocycles. The molecule has 8 nitrogen and oxygen atoms in total. The molecule has 0 unspecified atom stereocenters. The second-order valence-corrected chi connectivity index (χ2v) is 7.51. The van der Waals surface area contributed by atoms with Gasteiger partial charge >= 0.3 is 0 Å². The molecule has 0 bridgehead atoms. The van der Waals surface area contributed by atoms with Gasteiger partial charge in [-0.2, -0.15) is 0 Å². The van der Waals surface area contributed by atoms with Crippen LogP contribution in [0.1, 0.15) is 6.92 Å². The van der Waals surface area contributed by atoms with Crippen molar-refractivity contribution < 1.29 is 28.8 Å². The van der Waals surface area contributed by atoms with Gasteiger partial charge in [-0.05, 0) is 22.0 Å². The lowest BCUT2D eigenvalue weighted by atomic mass is 9.96. The molecule has 0 aliphatic carbocycles. The van der Waals surface area contributed by atoms with E-state index in [0.717, 1.165) is 10.9 Å². The van der Waals surface area contributed by atoms with Crippen molar-refractivity contribution in [3.63, 3.8) is 0 Å². The number of benzene rings is 1. The average Bonchev–Trinajstić information content (AvgIpc) is 3.00. The molecule has 4 N–H and O–H groups in total. The van der Waals surface area contributed by atoms with Gasteiger partial charge in [0.2, 0.25) is 5.91 Å². The number of nitrogens with one attached hydrogen (secondary N) is 2. The van der Waals surface area contributed by atoms with Crippen LogP contribution in [0.4, 0.5) is 0 Å². The number of hydrogen-bond acceptors (Lipinski definition) is 6. The van der Waals surface area contributed by atoms with Gasteiger partial charge < -0.3 is 30.0 Å². The lowest BCUT2D eigenvalue weighted by Gasteiger charge is -2.46. The van der Waals surface area contributed by atoms with Crippen molar-refractivity contribution in [2.45, 2.75) is 36.0 Å². The molecule has 1 aromatic heterocycles. The molecule has 1 aliphatic heterocycles. The van der Waals surface area contributed by atoms with Gasteiger partial charge in [0, 0.05) is 23.9 Å². The summed E-state index contributed by atoms with van der Waals surface area (Å²) in [5, 5.41) is 23.5. The van der Waals surface area contributed by atoms with Gasteiger partial charge in [-0.15, -0.1) is 0 Å². The van der Waals surface area contributed by atoms with Crippen molar-refractivity contribution in [1.82, 2.24) is 10.3 Å². The van der Waals surface area contributed by atoms with Crippen LogP contribution in [0.15, 0.2) is 30.3 Å². The molecular weight excluding hydrogens is 432 g/mol. The molecule has 1 aliphatic rings. The third kappa shape index (κ3) is 3.68. The van der Waals surface area contributed by atoms with Crippen LogP contribution in [0, 0.1) is 0 Å². The summed E-state index contributed by atoms with van der Waals surface area (Å²) in [6, 6.07) is 8.33. The molecule has 142 valence electrons. The van der Waals surface area contributed by atoms with Crippen LogP contribution < -0.4 is 10.1 Å². The number of aromatic amines is 1. The molecule has 10 heteroatoms. The number of alkyl halides is 1. The second kappa shape index (κ2) is 7.71. The van der Waals surface area contributed by atoms with Crippen LogP contribution in [-0.4, -0.2) is 56.8 Å². The maximum absolute atomic E-state index is 11.5. The largest absolute Gasteiger partial charge is 0.470 e. The van der Waals surface area contributed by atoms with Crippen molar-refractivity contribution in [2.75, 3.05) is 6.61 Å².